The van der Waals surface area contributed by atoms with Crippen molar-refractivity contribution in [3.8, 4) is 0 Å². The summed E-state index contributed by atoms with van der Waals surface area (Å²) in [6, 6.07) is 0. The van der Waals surface area contributed by atoms with E-state index >= 15 is 0 Å². The largest absolute Gasteiger partial charge is 0.469 e. The van der Waals surface area contributed by atoms with Gasteiger partial charge in [0.05, 0.1) is 19.1 Å². The number of rotatable bonds is 7. The molecule has 0 saturated heterocycles. The Balaban J connectivity index is 3.66. The van der Waals surface area contributed by atoms with Crippen molar-refractivity contribution in [3.63, 3.8) is 0 Å². The van der Waals surface area contributed by atoms with Crippen LogP contribution in [0.3, 0.4) is 0 Å². The van der Waals surface area contributed by atoms with Crippen LogP contribution in [0.1, 0.15) is 26.7 Å². The molecule has 0 aliphatic carbocycles. The van der Waals surface area contributed by atoms with Crippen LogP contribution in [-0.2, 0) is 14.3 Å². The van der Waals surface area contributed by atoms with Crippen molar-refractivity contribution in [1.29, 1.82) is 0 Å². The number of ether oxygens (including phenoxy) is 2. The summed E-state index contributed by atoms with van der Waals surface area (Å²) >= 11 is 0. The quantitative estimate of drug-likeness (QED) is 0.602. The minimum Gasteiger partial charge on any atom is -0.469 e. The molecule has 0 atom stereocenters. The molecule has 0 saturated carbocycles. The summed E-state index contributed by atoms with van der Waals surface area (Å²) in [7, 11) is 5.12. The van der Waals surface area contributed by atoms with E-state index in [1.807, 2.05) is 7.05 Å². The van der Waals surface area contributed by atoms with Crippen LogP contribution in [0.5, 0.6) is 0 Å². The van der Waals surface area contributed by atoms with Crippen molar-refractivity contribution in [3.05, 3.63) is 0 Å². The van der Waals surface area contributed by atoms with E-state index in [0.29, 0.717) is 6.42 Å². The molecule has 0 aliphatic rings. The molecule has 0 aliphatic heterocycles. The fraction of sp³-hybridized carbons (Fsp3) is 0.909. The zero-order valence-corrected chi connectivity index (χ0v) is 10.5. The number of hydrogen-bond donors (Lipinski definition) is 0. The van der Waals surface area contributed by atoms with Crippen LogP contribution < -0.4 is 0 Å². The molecule has 0 aromatic carbocycles. The highest BCUT2D eigenvalue weighted by Crippen LogP contribution is 2.12. The third kappa shape index (κ3) is 7.33. The van der Waals surface area contributed by atoms with Crippen molar-refractivity contribution in [1.82, 2.24) is 4.90 Å². The molecule has 0 bridgehead atoms. The number of carbonyl (C=O) groups is 1. The first-order valence-corrected chi connectivity index (χ1v) is 5.22. The fourth-order valence-corrected chi connectivity index (χ4v) is 1.06. The summed E-state index contributed by atoms with van der Waals surface area (Å²) in [6.45, 7) is 5.76. The van der Waals surface area contributed by atoms with Gasteiger partial charge in [-0.3, -0.25) is 4.79 Å². The summed E-state index contributed by atoms with van der Waals surface area (Å²) < 4.78 is 9.89. The third-order valence-electron chi connectivity index (χ3n) is 2.57. The lowest BCUT2D eigenvalue weighted by Crippen LogP contribution is -2.31. The van der Waals surface area contributed by atoms with Gasteiger partial charge in [0.25, 0.3) is 0 Å². The van der Waals surface area contributed by atoms with Gasteiger partial charge in [0, 0.05) is 20.2 Å². The molecule has 0 N–H and O–H groups in total. The Morgan fingerprint density at radius 3 is 2.33 bits per heavy atom. The Morgan fingerprint density at radius 1 is 1.27 bits per heavy atom. The molecule has 0 aromatic heterocycles. The molecule has 4 nitrogen and oxygen atoms in total. The van der Waals surface area contributed by atoms with Gasteiger partial charge in [-0.1, -0.05) is 0 Å². The summed E-state index contributed by atoms with van der Waals surface area (Å²) in [5.41, 5.74) is -0.0977. The van der Waals surface area contributed by atoms with Gasteiger partial charge in [0.2, 0.25) is 0 Å². The van der Waals surface area contributed by atoms with Crippen molar-refractivity contribution >= 4 is 5.97 Å². The van der Waals surface area contributed by atoms with Crippen LogP contribution in [0.15, 0.2) is 0 Å². The smallest absolute Gasteiger partial charge is 0.306 e. The van der Waals surface area contributed by atoms with Gasteiger partial charge in [-0.15, -0.1) is 0 Å². The summed E-state index contributed by atoms with van der Waals surface area (Å²) in [4.78, 5) is 13.0. The van der Waals surface area contributed by atoms with Crippen molar-refractivity contribution in [2.75, 3.05) is 34.4 Å². The molecule has 0 unspecified atom stereocenters. The van der Waals surface area contributed by atoms with Crippen LogP contribution >= 0.6 is 0 Å². The average molecular weight is 217 g/mol. The van der Waals surface area contributed by atoms with E-state index in [1.165, 1.54) is 7.11 Å². The first-order chi connectivity index (χ1) is 6.91. The van der Waals surface area contributed by atoms with E-state index in [0.717, 1.165) is 19.5 Å². The van der Waals surface area contributed by atoms with Crippen LogP contribution in [0.2, 0.25) is 0 Å². The van der Waals surface area contributed by atoms with E-state index in [-0.39, 0.29) is 11.6 Å². The van der Waals surface area contributed by atoms with Gasteiger partial charge in [-0.05, 0) is 27.3 Å². The topological polar surface area (TPSA) is 38.8 Å². The van der Waals surface area contributed by atoms with Gasteiger partial charge in [0.1, 0.15) is 0 Å². The molecule has 0 fully saturated rings. The normalized spacial score (nSPS) is 11.9. The maximum absolute atomic E-state index is 10.9. The summed E-state index contributed by atoms with van der Waals surface area (Å²) in [6.07, 6.45) is 1.39. The Labute approximate surface area is 92.5 Å². The maximum atomic E-state index is 10.9. The van der Waals surface area contributed by atoms with Crippen LogP contribution in [-0.4, -0.2) is 50.8 Å². The maximum Gasteiger partial charge on any atom is 0.306 e. The Kier molecular flexibility index (Phi) is 6.52. The van der Waals surface area contributed by atoms with Gasteiger partial charge in [-0.2, -0.15) is 0 Å². The lowest BCUT2D eigenvalue weighted by molar-refractivity contribution is -0.140. The molecule has 90 valence electrons. The minimum atomic E-state index is -0.159. The van der Waals surface area contributed by atoms with E-state index in [9.17, 15) is 4.79 Å². The second-order valence-corrected chi connectivity index (χ2v) is 4.34. The molecule has 4 heteroatoms. The van der Waals surface area contributed by atoms with Crippen molar-refractivity contribution < 1.29 is 14.3 Å². The lowest BCUT2D eigenvalue weighted by atomic mass is 10.1. The molecule has 0 radical (unpaired) electrons. The second-order valence-electron chi connectivity index (χ2n) is 4.34. The van der Waals surface area contributed by atoms with E-state index < -0.39 is 0 Å². The number of nitrogens with zero attached hydrogens (tertiary/aromatic N) is 1. The minimum absolute atomic E-state index is 0.0977. The molecule has 15 heavy (non-hydrogen) atoms. The van der Waals surface area contributed by atoms with Crippen molar-refractivity contribution in [2.24, 2.45) is 0 Å². The highest BCUT2D eigenvalue weighted by Gasteiger charge is 2.16. The zero-order chi connectivity index (χ0) is 11.9. The Bertz CT molecular complexity index is 192. The molecule has 0 rings (SSSR count). The SMILES string of the molecule is COC(=O)CCN(C)CCC(C)(C)OC. The Morgan fingerprint density at radius 2 is 1.87 bits per heavy atom. The molecular formula is C11H23NO3. The van der Waals surface area contributed by atoms with Gasteiger partial charge >= 0.3 is 5.97 Å². The van der Waals surface area contributed by atoms with Crippen LogP contribution in [0, 0.1) is 0 Å². The van der Waals surface area contributed by atoms with Gasteiger partial charge in [0.15, 0.2) is 0 Å². The average Bonchev–Trinajstić information content (AvgIpc) is 2.23. The number of carbonyl (C=O) groups excluding carboxylic acids is 1. The summed E-state index contributed by atoms with van der Waals surface area (Å²) in [5.74, 6) is -0.159. The molecular weight excluding hydrogens is 194 g/mol. The predicted molar refractivity (Wildman–Crippen MR) is 59.8 cm³/mol. The monoisotopic (exact) mass is 217 g/mol. The van der Waals surface area contributed by atoms with Crippen molar-refractivity contribution in [2.45, 2.75) is 32.3 Å². The number of methoxy groups -OCH3 is 2. The van der Waals surface area contributed by atoms with Gasteiger partial charge in [-0.25, -0.2) is 0 Å². The van der Waals surface area contributed by atoms with Gasteiger partial charge < -0.3 is 14.4 Å². The highest BCUT2D eigenvalue weighted by atomic mass is 16.5. The van der Waals surface area contributed by atoms with Crippen LogP contribution in [0.25, 0.3) is 0 Å². The van der Waals surface area contributed by atoms with Crippen LogP contribution in [0.4, 0.5) is 0 Å². The Hall–Kier alpha value is -0.610. The number of esters is 1. The van der Waals surface area contributed by atoms with E-state index in [2.05, 4.69) is 23.5 Å². The molecule has 0 heterocycles. The lowest BCUT2D eigenvalue weighted by Gasteiger charge is -2.26. The first-order valence-electron chi connectivity index (χ1n) is 5.22. The molecule has 0 amide bonds. The van der Waals surface area contributed by atoms with E-state index in [1.54, 1.807) is 7.11 Å². The number of hydrogen-bond acceptors (Lipinski definition) is 4. The predicted octanol–water partition coefficient (Wildman–Crippen LogP) is 1.30. The highest BCUT2D eigenvalue weighted by molar-refractivity contribution is 5.69. The molecule has 0 aromatic rings. The third-order valence-corrected chi connectivity index (χ3v) is 2.57. The zero-order valence-electron chi connectivity index (χ0n) is 10.5. The summed E-state index contributed by atoms with van der Waals surface area (Å²) in [5, 5.41) is 0. The first kappa shape index (κ1) is 14.4. The van der Waals surface area contributed by atoms with E-state index in [4.69, 9.17) is 4.74 Å². The standard InChI is InChI=1S/C11H23NO3/c1-11(2,15-5)7-9-12(3)8-6-10(13)14-4/h6-9H2,1-5H3. The molecule has 0 spiro atoms. The second kappa shape index (κ2) is 6.80. The fourth-order valence-electron chi connectivity index (χ4n) is 1.06.